The number of hydrogen-bond donors (Lipinski definition) is 1. The molecule has 1 heterocycles. The van der Waals surface area contributed by atoms with Crippen LogP contribution in [0.2, 0.25) is 0 Å². The van der Waals surface area contributed by atoms with Gasteiger partial charge in [0.1, 0.15) is 0 Å². The summed E-state index contributed by atoms with van der Waals surface area (Å²) in [6.45, 7) is 1.05. The second-order valence-corrected chi connectivity index (χ2v) is 1.45. The second kappa shape index (κ2) is 2.45. The highest BCUT2D eigenvalue weighted by Gasteiger charge is 1.79. The predicted octanol–water partition coefficient (Wildman–Crippen LogP) is 0.853. The molecular weight excluding hydrogens is 86.1 g/mol. The van der Waals surface area contributed by atoms with Gasteiger partial charge in [0.25, 0.3) is 0 Å². The fourth-order valence-electron chi connectivity index (χ4n) is 0.497. The summed E-state index contributed by atoms with van der Waals surface area (Å²) >= 11 is 0. The Bertz CT molecular complexity index is 80.4. The lowest BCUT2D eigenvalue weighted by Crippen LogP contribution is -2.03. The maximum Gasteiger partial charge on any atom is 0.0176 e. The summed E-state index contributed by atoms with van der Waals surface area (Å²) in [7, 11) is 0. The van der Waals surface area contributed by atoms with Crippen LogP contribution in [0.5, 0.6) is 0 Å². The third-order valence-electron chi connectivity index (χ3n) is 0.848. The van der Waals surface area contributed by atoms with Crippen molar-refractivity contribution in [2.75, 3.05) is 6.54 Å². The van der Waals surface area contributed by atoms with Crippen LogP contribution < -0.4 is 5.32 Å². The standard InChI is InChI=1S/C6H8N/c1-2-4-6-7-5-3-1/h1,4,6-7H,3,5H2. The summed E-state index contributed by atoms with van der Waals surface area (Å²) in [4.78, 5) is 0. The molecule has 1 nitrogen and oxygen atoms in total. The van der Waals surface area contributed by atoms with Gasteiger partial charge in [0.05, 0.1) is 0 Å². The van der Waals surface area contributed by atoms with E-state index in [1.165, 1.54) is 0 Å². The first-order chi connectivity index (χ1) is 3.50. The molecule has 0 aliphatic carbocycles. The van der Waals surface area contributed by atoms with Crippen LogP contribution in [-0.4, -0.2) is 6.54 Å². The molecule has 1 N–H and O–H groups in total. The molecule has 0 atom stereocenters. The number of allylic oxidation sites excluding steroid dienone is 2. The van der Waals surface area contributed by atoms with E-state index < -0.39 is 0 Å². The van der Waals surface area contributed by atoms with Crippen LogP contribution in [-0.2, 0) is 0 Å². The highest BCUT2D eigenvalue weighted by molar-refractivity contribution is 4.97. The number of rotatable bonds is 0. The molecule has 0 aromatic rings. The Labute approximate surface area is 43.7 Å². The Morgan fingerprint density at radius 1 is 1.57 bits per heavy atom. The van der Waals surface area contributed by atoms with Crippen molar-refractivity contribution in [3.05, 3.63) is 24.4 Å². The summed E-state index contributed by atoms with van der Waals surface area (Å²) in [5.74, 6) is 0. The molecule has 0 aromatic carbocycles. The molecule has 0 unspecified atom stereocenters. The van der Waals surface area contributed by atoms with Gasteiger partial charge in [0, 0.05) is 6.54 Å². The van der Waals surface area contributed by atoms with Crippen molar-refractivity contribution >= 4 is 0 Å². The van der Waals surface area contributed by atoms with Gasteiger partial charge in [-0.3, -0.25) is 0 Å². The minimum absolute atomic E-state index is 1.05. The average Bonchev–Trinajstić information content (AvgIpc) is 1.90. The molecule has 1 heteroatoms. The Morgan fingerprint density at radius 3 is 3.57 bits per heavy atom. The van der Waals surface area contributed by atoms with E-state index in [9.17, 15) is 0 Å². The zero-order chi connectivity index (χ0) is 4.95. The van der Waals surface area contributed by atoms with Crippen molar-refractivity contribution in [1.82, 2.24) is 5.32 Å². The summed E-state index contributed by atoms with van der Waals surface area (Å²) in [5.41, 5.74) is 0. The van der Waals surface area contributed by atoms with Crippen LogP contribution in [0.3, 0.4) is 0 Å². The molecule has 0 saturated carbocycles. The first-order valence-electron chi connectivity index (χ1n) is 2.46. The lowest BCUT2D eigenvalue weighted by molar-refractivity contribution is 0.859. The van der Waals surface area contributed by atoms with Crippen molar-refractivity contribution in [1.29, 1.82) is 0 Å². The molecule has 1 rings (SSSR count). The molecule has 0 amide bonds. The van der Waals surface area contributed by atoms with Crippen LogP contribution in [0.15, 0.2) is 18.4 Å². The van der Waals surface area contributed by atoms with Crippen LogP contribution >= 0.6 is 0 Å². The third-order valence-corrected chi connectivity index (χ3v) is 0.848. The van der Waals surface area contributed by atoms with Gasteiger partial charge in [0.15, 0.2) is 0 Å². The van der Waals surface area contributed by atoms with Gasteiger partial charge in [-0.15, -0.1) is 0 Å². The van der Waals surface area contributed by atoms with Crippen molar-refractivity contribution in [2.24, 2.45) is 0 Å². The Balaban J connectivity index is 2.39. The maximum atomic E-state index is 3.07. The lowest BCUT2D eigenvalue weighted by atomic mass is 10.4. The van der Waals surface area contributed by atoms with E-state index in [4.69, 9.17) is 0 Å². The van der Waals surface area contributed by atoms with E-state index >= 15 is 0 Å². The monoisotopic (exact) mass is 94.1 g/mol. The van der Waals surface area contributed by atoms with E-state index in [1.54, 1.807) is 0 Å². The number of hydrogen-bond acceptors (Lipinski definition) is 1. The normalized spacial score (nSPS) is 18.3. The van der Waals surface area contributed by atoms with Gasteiger partial charge in [0.2, 0.25) is 0 Å². The fraction of sp³-hybridized carbons (Fsp3) is 0.333. The van der Waals surface area contributed by atoms with E-state index in [-0.39, 0.29) is 0 Å². The minimum Gasteiger partial charge on any atom is -0.391 e. The van der Waals surface area contributed by atoms with Gasteiger partial charge in [-0.2, -0.15) is 0 Å². The van der Waals surface area contributed by atoms with Crippen molar-refractivity contribution < 1.29 is 0 Å². The topological polar surface area (TPSA) is 12.0 Å². The molecule has 0 spiro atoms. The summed E-state index contributed by atoms with van der Waals surface area (Å²) < 4.78 is 0. The van der Waals surface area contributed by atoms with Crippen LogP contribution in [0.1, 0.15) is 6.42 Å². The highest BCUT2D eigenvalue weighted by Crippen LogP contribution is 1.84. The molecule has 1 radical (unpaired) electrons. The maximum absolute atomic E-state index is 3.07. The molecular formula is C6H8N. The SMILES string of the molecule is [C]1=CCCNC=C1. The third kappa shape index (κ3) is 1.44. The average molecular weight is 94.1 g/mol. The van der Waals surface area contributed by atoms with E-state index in [1.807, 2.05) is 18.4 Å². The molecule has 0 fully saturated rings. The largest absolute Gasteiger partial charge is 0.391 e. The van der Waals surface area contributed by atoms with Crippen molar-refractivity contribution in [2.45, 2.75) is 6.42 Å². The minimum atomic E-state index is 1.05. The van der Waals surface area contributed by atoms with Crippen LogP contribution in [0.4, 0.5) is 0 Å². The molecule has 0 saturated heterocycles. The summed E-state index contributed by atoms with van der Waals surface area (Å²) in [6.07, 6.45) is 9.88. The quantitative estimate of drug-likeness (QED) is 0.469. The summed E-state index contributed by atoms with van der Waals surface area (Å²) in [6, 6.07) is 0. The zero-order valence-corrected chi connectivity index (χ0v) is 4.15. The Morgan fingerprint density at radius 2 is 2.57 bits per heavy atom. The van der Waals surface area contributed by atoms with Gasteiger partial charge < -0.3 is 5.32 Å². The van der Waals surface area contributed by atoms with Gasteiger partial charge >= 0.3 is 0 Å². The smallest absolute Gasteiger partial charge is 0.0176 e. The van der Waals surface area contributed by atoms with Gasteiger partial charge in [-0.25, -0.2) is 0 Å². The Hall–Kier alpha value is -0.720. The molecule has 1 aliphatic heterocycles. The summed E-state index contributed by atoms with van der Waals surface area (Å²) in [5, 5.41) is 3.07. The van der Waals surface area contributed by atoms with E-state index in [0.29, 0.717) is 0 Å². The fourth-order valence-corrected chi connectivity index (χ4v) is 0.497. The van der Waals surface area contributed by atoms with Gasteiger partial charge in [-0.05, 0) is 24.8 Å². The first-order valence-corrected chi connectivity index (χ1v) is 2.46. The van der Waals surface area contributed by atoms with Crippen LogP contribution in [0.25, 0.3) is 0 Å². The predicted molar refractivity (Wildman–Crippen MR) is 29.6 cm³/mol. The van der Waals surface area contributed by atoms with Crippen LogP contribution in [0, 0.1) is 6.08 Å². The molecule has 0 aromatic heterocycles. The molecule has 1 aliphatic rings. The molecule has 0 bridgehead atoms. The highest BCUT2D eigenvalue weighted by atomic mass is 14.8. The van der Waals surface area contributed by atoms with Crippen molar-refractivity contribution in [3.63, 3.8) is 0 Å². The Kier molecular flexibility index (Phi) is 1.56. The number of nitrogens with one attached hydrogen (secondary N) is 1. The second-order valence-electron chi connectivity index (χ2n) is 1.45. The first kappa shape index (κ1) is 4.44. The van der Waals surface area contributed by atoms with E-state index in [2.05, 4.69) is 11.4 Å². The zero-order valence-electron chi connectivity index (χ0n) is 4.15. The molecule has 37 valence electrons. The molecule has 7 heavy (non-hydrogen) atoms. The van der Waals surface area contributed by atoms with Gasteiger partial charge in [-0.1, -0.05) is 6.08 Å². The van der Waals surface area contributed by atoms with Crippen molar-refractivity contribution in [3.8, 4) is 0 Å². The van der Waals surface area contributed by atoms with E-state index in [0.717, 1.165) is 13.0 Å². The lowest BCUT2D eigenvalue weighted by Gasteiger charge is -1.88.